The summed E-state index contributed by atoms with van der Waals surface area (Å²) in [6, 6.07) is 10.7. The van der Waals surface area contributed by atoms with Gasteiger partial charge in [-0.1, -0.05) is 18.6 Å². The van der Waals surface area contributed by atoms with Crippen molar-refractivity contribution in [3.8, 4) is 22.9 Å². The van der Waals surface area contributed by atoms with Gasteiger partial charge >= 0.3 is 6.16 Å². The molecule has 3 aromatic rings. The summed E-state index contributed by atoms with van der Waals surface area (Å²) in [7, 11) is 0. The van der Waals surface area contributed by atoms with Gasteiger partial charge in [0.1, 0.15) is 18.1 Å². The summed E-state index contributed by atoms with van der Waals surface area (Å²) in [6.07, 6.45) is 8.82. The first kappa shape index (κ1) is 27.3. The molecule has 0 radical (unpaired) electrons. The topological polar surface area (TPSA) is 95.8 Å². The number of unbranched alkanes of at least 4 members (excludes halogenated alkanes) is 1. The van der Waals surface area contributed by atoms with Crippen LogP contribution in [0.3, 0.4) is 0 Å². The molecular weight excluding hydrogens is 484 g/mol. The number of hydrogen-bond acceptors (Lipinski definition) is 8. The Hall–Kier alpha value is -3.72. The summed E-state index contributed by atoms with van der Waals surface area (Å²) in [4.78, 5) is 31.2. The number of ether oxygens (including phenoxy) is 3. The Labute approximate surface area is 223 Å². The van der Waals surface area contributed by atoms with Crippen molar-refractivity contribution in [1.29, 1.82) is 0 Å². The lowest BCUT2D eigenvalue weighted by atomic mass is 10.1. The van der Waals surface area contributed by atoms with E-state index in [9.17, 15) is 9.59 Å². The molecule has 38 heavy (non-hydrogen) atoms. The molecule has 0 aliphatic carbocycles. The predicted molar refractivity (Wildman–Crippen MR) is 144 cm³/mol. The lowest BCUT2D eigenvalue weighted by Gasteiger charge is -2.26. The number of aldehydes is 1. The van der Waals surface area contributed by atoms with Gasteiger partial charge in [0, 0.05) is 24.0 Å². The monoisotopic (exact) mass is 520 g/mol. The summed E-state index contributed by atoms with van der Waals surface area (Å²) < 4.78 is 18.5. The molecule has 0 N–H and O–H groups in total. The van der Waals surface area contributed by atoms with Gasteiger partial charge in [-0.05, 0) is 83.4 Å². The largest absolute Gasteiger partial charge is 0.513 e. The Bertz CT molecular complexity index is 1200. The van der Waals surface area contributed by atoms with Crippen molar-refractivity contribution in [2.75, 3.05) is 26.2 Å². The zero-order valence-electron chi connectivity index (χ0n) is 22.2. The van der Waals surface area contributed by atoms with Gasteiger partial charge in [0.05, 0.1) is 23.6 Å². The van der Waals surface area contributed by atoms with E-state index in [-0.39, 0.29) is 30.6 Å². The maximum Gasteiger partial charge on any atom is 0.513 e. The quantitative estimate of drug-likeness (QED) is 0.130. The average molecular weight is 521 g/mol. The van der Waals surface area contributed by atoms with Crippen LogP contribution in [0, 0.1) is 0 Å². The Balaban J connectivity index is 1.34. The second-order valence-corrected chi connectivity index (χ2v) is 9.65. The second-order valence-electron chi connectivity index (χ2n) is 9.65. The Morgan fingerprint density at radius 3 is 2.63 bits per heavy atom. The molecule has 1 aromatic carbocycles. The molecule has 3 heterocycles. The summed E-state index contributed by atoms with van der Waals surface area (Å²) in [5.41, 5.74) is 2.61. The summed E-state index contributed by atoms with van der Waals surface area (Å²) in [5, 5.41) is 4.40. The SMILES string of the molecule is CC(C)n1nccc1-c1ncccc1COc1cccc(OC(=O)OCCCCN2CCCCC2)c1C=O. The molecule has 0 bridgehead atoms. The molecule has 1 aliphatic heterocycles. The fraction of sp³-hybridized carbons (Fsp3) is 0.448. The van der Waals surface area contributed by atoms with Gasteiger partial charge in [-0.15, -0.1) is 0 Å². The van der Waals surface area contributed by atoms with Gasteiger partial charge in [0.25, 0.3) is 0 Å². The number of benzene rings is 1. The van der Waals surface area contributed by atoms with Crippen molar-refractivity contribution in [3.63, 3.8) is 0 Å². The zero-order chi connectivity index (χ0) is 26.7. The first-order chi connectivity index (χ1) is 18.6. The maximum absolute atomic E-state index is 12.3. The highest BCUT2D eigenvalue weighted by Crippen LogP contribution is 2.29. The van der Waals surface area contributed by atoms with Crippen LogP contribution < -0.4 is 9.47 Å². The highest BCUT2D eigenvalue weighted by molar-refractivity contribution is 5.85. The molecule has 0 saturated carbocycles. The van der Waals surface area contributed by atoms with Gasteiger partial charge < -0.3 is 19.1 Å². The van der Waals surface area contributed by atoms with Gasteiger partial charge in [0.15, 0.2) is 6.29 Å². The van der Waals surface area contributed by atoms with E-state index in [0.29, 0.717) is 12.0 Å². The molecule has 202 valence electrons. The van der Waals surface area contributed by atoms with E-state index >= 15 is 0 Å². The molecule has 1 fully saturated rings. The van der Waals surface area contributed by atoms with E-state index < -0.39 is 6.16 Å². The van der Waals surface area contributed by atoms with E-state index in [2.05, 4.69) is 28.8 Å². The molecule has 1 aliphatic rings. The number of nitrogens with zero attached hydrogens (tertiary/aromatic N) is 4. The first-order valence-electron chi connectivity index (χ1n) is 13.3. The van der Waals surface area contributed by atoms with Crippen molar-refractivity contribution < 1.29 is 23.8 Å². The summed E-state index contributed by atoms with van der Waals surface area (Å²) >= 11 is 0. The Morgan fingerprint density at radius 2 is 1.84 bits per heavy atom. The third kappa shape index (κ3) is 7.19. The van der Waals surface area contributed by atoms with Gasteiger partial charge in [-0.25, -0.2) is 4.79 Å². The van der Waals surface area contributed by atoms with Crippen LogP contribution in [0.5, 0.6) is 11.5 Å². The van der Waals surface area contributed by atoms with E-state index in [1.54, 1.807) is 30.6 Å². The zero-order valence-corrected chi connectivity index (χ0v) is 22.2. The normalized spacial score (nSPS) is 13.9. The van der Waals surface area contributed by atoms with Crippen molar-refractivity contribution in [2.45, 2.75) is 58.6 Å². The van der Waals surface area contributed by atoms with E-state index in [0.717, 1.165) is 49.4 Å². The van der Waals surface area contributed by atoms with E-state index in [4.69, 9.17) is 14.2 Å². The molecule has 2 aromatic heterocycles. The van der Waals surface area contributed by atoms with Crippen LogP contribution in [0.2, 0.25) is 0 Å². The molecule has 0 atom stereocenters. The third-order valence-corrected chi connectivity index (χ3v) is 6.55. The second kappa shape index (κ2) is 13.7. The van der Waals surface area contributed by atoms with Crippen LogP contribution in [-0.2, 0) is 11.3 Å². The average Bonchev–Trinajstić information content (AvgIpc) is 3.43. The van der Waals surface area contributed by atoms with Crippen LogP contribution in [0.1, 0.15) is 67.9 Å². The number of aromatic nitrogens is 3. The van der Waals surface area contributed by atoms with Crippen molar-refractivity contribution in [3.05, 3.63) is 59.9 Å². The molecule has 4 rings (SSSR count). The van der Waals surface area contributed by atoms with Crippen LogP contribution in [0.25, 0.3) is 11.4 Å². The van der Waals surface area contributed by atoms with E-state index in [1.807, 2.05) is 22.9 Å². The number of likely N-dealkylation sites (tertiary alicyclic amines) is 1. The molecule has 9 nitrogen and oxygen atoms in total. The molecular formula is C29H36N4O5. The minimum atomic E-state index is -0.834. The van der Waals surface area contributed by atoms with Crippen molar-refractivity contribution in [2.24, 2.45) is 0 Å². The van der Waals surface area contributed by atoms with Gasteiger partial charge in [-0.2, -0.15) is 5.10 Å². The third-order valence-electron chi connectivity index (χ3n) is 6.55. The van der Waals surface area contributed by atoms with Crippen LogP contribution in [0.4, 0.5) is 4.79 Å². The minimum Gasteiger partial charge on any atom is -0.488 e. The first-order valence-corrected chi connectivity index (χ1v) is 13.3. The molecule has 0 unspecified atom stereocenters. The lowest BCUT2D eigenvalue weighted by Crippen LogP contribution is -2.30. The number of hydrogen-bond donors (Lipinski definition) is 0. The van der Waals surface area contributed by atoms with Gasteiger partial charge in [0.2, 0.25) is 0 Å². The number of pyridine rings is 1. The van der Waals surface area contributed by atoms with Crippen molar-refractivity contribution >= 4 is 12.4 Å². The molecule has 9 heteroatoms. The van der Waals surface area contributed by atoms with Crippen LogP contribution in [-0.4, -0.2) is 58.3 Å². The highest BCUT2D eigenvalue weighted by Gasteiger charge is 2.17. The number of rotatable bonds is 12. The summed E-state index contributed by atoms with van der Waals surface area (Å²) in [5.74, 6) is 0.402. The Kier molecular flexibility index (Phi) is 9.86. The van der Waals surface area contributed by atoms with Crippen LogP contribution >= 0.6 is 0 Å². The Morgan fingerprint density at radius 1 is 1.03 bits per heavy atom. The fourth-order valence-corrected chi connectivity index (χ4v) is 4.60. The van der Waals surface area contributed by atoms with E-state index in [1.165, 1.54) is 19.3 Å². The van der Waals surface area contributed by atoms with Gasteiger partial charge in [-0.3, -0.25) is 14.5 Å². The fourth-order valence-electron chi connectivity index (χ4n) is 4.60. The maximum atomic E-state index is 12.3. The smallest absolute Gasteiger partial charge is 0.488 e. The number of carbonyl (C=O) groups excluding carboxylic acids is 2. The lowest BCUT2D eigenvalue weighted by molar-refractivity contribution is 0.0952. The minimum absolute atomic E-state index is 0.0973. The summed E-state index contributed by atoms with van der Waals surface area (Å²) in [6.45, 7) is 7.87. The molecule has 0 amide bonds. The molecule has 1 saturated heterocycles. The van der Waals surface area contributed by atoms with Crippen LogP contribution in [0.15, 0.2) is 48.8 Å². The number of piperidine rings is 1. The standard InChI is InChI=1S/C29H36N4O5/c1-22(2)33-25(13-15-31-33)28-23(10-9-14-30-28)21-37-26-11-8-12-27(24(26)20-34)38-29(35)36-19-7-6-18-32-16-4-3-5-17-32/h8-15,20,22H,3-7,16-19,21H2,1-2H3. The highest BCUT2D eigenvalue weighted by atomic mass is 16.7. The number of carbonyl (C=O) groups is 2. The molecule has 0 spiro atoms. The van der Waals surface area contributed by atoms with Crippen molar-refractivity contribution in [1.82, 2.24) is 19.7 Å². The predicted octanol–water partition coefficient (Wildman–Crippen LogP) is 5.70.